The molecule has 1 aromatic rings. The van der Waals surface area contributed by atoms with Crippen molar-refractivity contribution in [3.05, 3.63) is 39.9 Å². The highest BCUT2D eigenvalue weighted by Gasteiger charge is 2.30. The lowest BCUT2D eigenvalue weighted by Crippen LogP contribution is -2.52. The minimum atomic E-state index is -0.484. The number of benzene rings is 1. The number of aliphatic hydroxyl groups is 1. The minimum absolute atomic E-state index is 0.0281. The maximum Gasteiger partial charge on any atom is 0.273 e. The third-order valence-electron chi connectivity index (χ3n) is 3.56. The third kappa shape index (κ3) is 3.56. The van der Waals surface area contributed by atoms with Crippen LogP contribution < -0.4 is 0 Å². The van der Waals surface area contributed by atoms with Gasteiger partial charge in [0, 0.05) is 18.2 Å². The van der Waals surface area contributed by atoms with Gasteiger partial charge in [-0.25, -0.2) is 0 Å². The number of hydrogen-bond donors (Lipinski definition) is 1. The van der Waals surface area contributed by atoms with E-state index in [1.807, 2.05) is 6.92 Å². The third-order valence-corrected chi connectivity index (χ3v) is 3.56. The molecule has 21 heavy (non-hydrogen) atoms. The second kappa shape index (κ2) is 6.64. The zero-order valence-corrected chi connectivity index (χ0v) is 11.8. The van der Waals surface area contributed by atoms with E-state index in [1.165, 1.54) is 6.07 Å². The van der Waals surface area contributed by atoms with Crippen molar-refractivity contribution < 1.29 is 19.6 Å². The van der Waals surface area contributed by atoms with Crippen molar-refractivity contribution in [1.82, 2.24) is 4.90 Å². The fourth-order valence-corrected chi connectivity index (χ4v) is 2.38. The van der Waals surface area contributed by atoms with Crippen LogP contribution >= 0.6 is 0 Å². The Balaban J connectivity index is 2.12. The highest BCUT2D eigenvalue weighted by Crippen LogP contribution is 2.20. The van der Waals surface area contributed by atoms with Crippen LogP contribution in [0.4, 0.5) is 5.69 Å². The first-order valence-corrected chi connectivity index (χ1v) is 6.77. The summed E-state index contributed by atoms with van der Waals surface area (Å²) in [4.78, 5) is 24.5. The summed E-state index contributed by atoms with van der Waals surface area (Å²) in [5.74, 6) is -0.196. The van der Waals surface area contributed by atoms with E-state index in [-0.39, 0.29) is 30.7 Å². The molecule has 7 heteroatoms. The molecular weight excluding hydrogens is 276 g/mol. The van der Waals surface area contributed by atoms with Gasteiger partial charge in [0.05, 0.1) is 36.7 Å². The molecule has 0 radical (unpaired) electrons. The van der Waals surface area contributed by atoms with Gasteiger partial charge in [0.25, 0.3) is 5.69 Å². The van der Waals surface area contributed by atoms with Crippen molar-refractivity contribution in [3.63, 3.8) is 0 Å². The van der Waals surface area contributed by atoms with Crippen LogP contribution in [0.25, 0.3) is 0 Å². The number of amides is 1. The maximum atomic E-state index is 12.4. The number of morpholine rings is 1. The van der Waals surface area contributed by atoms with E-state index in [0.29, 0.717) is 18.7 Å². The molecule has 1 heterocycles. The van der Waals surface area contributed by atoms with Crippen LogP contribution in [-0.2, 0) is 16.0 Å². The number of carbonyl (C=O) groups excluding carboxylic acids is 1. The normalized spacial score (nSPS) is 22.1. The Hall–Kier alpha value is -1.99. The summed E-state index contributed by atoms with van der Waals surface area (Å²) in [5, 5.41) is 20.1. The Morgan fingerprint density at radius 1 is 1.52 bits per heavy atom. The summed E-state index contributed by atoms with van der Waals surface area (Å²) < 4.78 is 5.38. The second-order valence-electron chi connectivity index (χ2n) is 5.10. The molecule has 2 rings (SSSR count). The van der Waals surface area contributed by atoms with E-state index in [0.717, 1.165) is 0 Å². The molecule has 2 unspecified atom stereocenters. The quantitative estimate of drug-likeness (QED) is 0.653. The molecule has 1 N–H and O–H groups in total. The largest absolute Gasteiger partial charge is 0.394 e. The molecule has 1 amide bonds. The SMILES string of the molecule is CC1COC(CO)CN1C(=O)Cc1ccccc1[N+](=O)[O-]. The van der Waals surface area contributed by atoms with Gasteiger partial charge < -0.3 is 14.7 Å². The molecule has 1 aliphatic rings. The first-order valence-electron chi connectivity index (χ1n) is 6.77. The molecule has 114 valence electrons. The van der Waals surface area contributed by atoms with Crippen molar-refractivity contribution in [2.75, 3.05) is 19.8 Å². The van der Waals surface area contributed by atoms with Crippen molar-refractivity contribution >= 4 is 11.6 Å². The number of para-hydroxylation sites is 1. The molecule has 0 spiro atoms. The summed E-state index contributed by atoms with van der Waals surface area (Å²) in [5.41, 5.74) is 0.345. The van der Waals surface area contributed by atoms with Gasteiger partial charge in [0.15, 0.2) is 0 Å². The van der Waals surface area contributed by atoms with E-state index < -0.39 is 11.0 Å². The van der Waals surface area contributed by atoms with E-state index in [9.17, 15) is 14.9 Å². The summed E-state index contributed by atoms with van der Waals surface area (Å²) >= 11 is 0. The average Bonchev–Trinajstić information content (AvgIpc) is 2.48. The van der Waals surface area contributed by atoms with Crippen molar-refractivity contribution in [2.24, 2.45) is 0 Å². The van der Waals surface area contributed by atoms with Crippen LogP contribution in [0.2, 0.25) is 0 Å². The first kappa shape index (κ1) is 15.4. The average molecular weight is 294 g/mol. The number of hydrogen-bond acceptors (Lipinski definition) is 5. The van der Waals surface area contributed by atoms with Crippen LogP contribution in [0, 0.1) is 10.1 Å². The van der Waals surface area contributed by atoms with Crippen LogP contribution in [0.15, 0.2) is 24.3 Å². The summed E-state index contributed by atoms with van der Waals surface area (Å²) in [6.07, 6.45) is -0.421. The number of nitrogens with zero attached hydrogens (tertiary/aromatic N) is 2. The number of ether oxygens (including phenoxy) is 1. The fourth-order valence-electron chi connectivity index (χ4n) is 2.38. The Morgan fingerprint density at radius 2 is 2.24 bits per heavy atom. The topological polar surface area (TPSA) is 92.9 Å². The van der Waals surface area contributed by atoms with Crippen LogP contribution in [0.5, 0.6) is 0 Å². The Morgan fingerprint density at radius 3 is 2.90 bits per heavy atom. The number of aliphatic hydroxyl groups excluding tert-OH is 1. The van der Waals surface area contributed by atoms with Gasteiger partial charge in [-0.2, -0.15) is 0 Å². The van der Waals surface area contributed by atoms with Crippen LogP contribution in [-0.4, -0.2) is 52.7 Å². The van der Waals surface area contributed by atoms with E-state index in [2.05, 4.69) is 0 Å². The summed E-state index contributed by atoms with van der Waals surface area (Å²) in [7, 11) is 0. The van der Waals surface area contributed by atoms with E-state index >= 15 is 0 Å². The number of carbonyl (C=O) groups is 1. The highest BCUT2D eigenvalue weighted by molar-refractivity contribution is 5.80. The lowest BCUT2D eigenvalue weighted by molar-refractivity contribution is -0.385. The number of nitro benzene ring substituents is 1. The molecule has 0 aromatic heterocycles. The van der Waals surface area contributed by atoms with Gasteiger partial charge in [-0.1, -0.05) is 18.2 Å². The molecule has 7 nitrogen and oxygen atoms in total. The van der Waals surface area contributed by atoms with Crippen molar-refractivity contribution in [1.29, 1.82) is 0 Å². The van der Waals surface area contributed by atoms with Gasteiger partial charge in [-0.15, -0.1) is 0 Å². The van der Waals surface area contributed by atoms with E-state index in [4.69, 9.17) is 9.84 Å². The standard InChI is InChI=1S/C14H18N2O5/c1-10-9-21-12(8-17)7-15(10)14(18)6-11-4-2-3-5-13(11)16(19)20/h2-5,10,12,17H,6-9H2,1H3. The van der Waals surface area contributed by atoms with E-state index in [1.54, 1.807) is 23.1 Å². The van der Waals surface area contributed by atoms with Gasteiger partial charge in [-0.3, -0.25) is 14.9 Å². The fraction of sp³-hybridized carbons (Fsp3) is 0.500. The predicted molar refractivity (Wildman–Crippen MR) is 74.8 cm³/mol. The van der Waals surface area contributed by atoms with Gasteiger partial charge in [0.2, 0.25) is 5.91 Å². The molecule has 0 bridgehead atoms. The van der Waals surface area contributed by atoms with Gasteiger partial charge in [-0.05, 0) is 6.92 Å². The molecular formula is C14H18N2O5. The highest BCUT2D eigenvalue weighted by atomic mass is 16.6. The van der Waals surface area contributed by atoms with Gasteiger partial charge in [0.1, 0.15) is 0 Å². The molecule has 2 atom stereocenters. The van der Waals surface area contributed by atoms with Gasteiger partial charge >= 0.3 is 0 Å². The smallest absolute Gasteiger partial charge is 0.273 e. The summed E-state index contributed by atoms with van der Waals surface area (Å²) in [6, 6.07) is 6.12. The maximum absolute atomic E-state index is 12.4. The molecule has 1 aliphatic heterocycles. The Bertz CT molecular complexity index is 534. The van der Waals surface area contributed by atoms with Crippen LogP contribution in [0.1, 0.15) is 12.5 Å². The predicted octanol–water partition coefficient (Wildman–Crippen LogP) is 0.745. The van der Waals surface area contributed by atoms with Crippen molar-refractivity contribution in [2.45, 2.75) is 25.5 Å². The lowest BCUT2D eigenvalue weighted by atomic mass is 10.1. The molecule has 1 aromatic carbocycles. The monoisotopic (exact) mass is 294 g/mol. The number of nitro groups is 1. The van der Waals surface area contributed by atoms with Crippen LogP contribution in [0.3, 0.4) is 0 Å². The number of rotatable bonds is 4. The molecule has 0 saturated carbocycles. The molecule has 1 fully saturated rings. The minimum Gasteiger partial charge on any atom is -0.394 e. The zero-order valence-electron chi connectivity index (χ0n) is 11.8. The summed E-state index contributed by atoms with van der Waals surface area (Å²) in [6.45, 7) is 2.36. The lowest BCUT2D eigenvalue weighted by Gasteiger charge is -2.37. The first-order chi connectivity index (χ1) is 10.0. The molecule has 0 aliphatic carbocycles. The molecule has 1 saturated heterocycles. The second-order valence-corrected chi connectivity index (χ2v) is 5.10. The Kier molecular flexibility index (Phi) is 4.87. The zero-order chi connectivity index (χ0) is 15.4. The van der Waals surface area contributed by atoms with Crippen molar-refractivity contribution in [3.8, 4) is 0 Å². The Labute approximate surface area is 122 Å².